The minimum Gasteiger partial charge on any atom is -0.336 e. The molecule has 1 aliphatic carbocycles. The predicted molar refractivity (Wildman–Crippen MR) is 85.9 cm³/mol. The first-order valence-electron chi connectivity index (χ1n) is 8.43. The van der Waals surface area contributed by atoms with Crippen LogP contribution in [-0.4, -0.2) is 58.9 Å². The summed E-state index contributed by atoms with van der Waals surface area (Å²) in [5, 5.41) is 0. The van der Waals surface area contributed by atoms with Crippen molar-refractivity contribution >= 4 is 5.91 Å². The summed E-state index contributed by atoms with van der Waals surface area (Å²) in [4.78, 5) is 25.8. The highest BCUT2D eigenvalue weighted by atomic mass is 16.2. The van der Waals surface area contributed by atoms with Crippen LogP contribution in [0.1, 0.15) is 60.6 Å². The molecule has 0 N–H and O–H groups in total. The van der Waals surface area contributed by atoms with Crippen LogP contribution >= 0.6 is 0 Å². The second-order valence-electron chi connectivity index (χ2n) is 6.84. The first-order chi connectivity index (χ1) is 10.6. The fourth-order valence-corrected chi connectivity index (χ4v) is 3.14. The molecule has 1 amide bonds. The van der Waals surface area contributed by atoms with Crippen molar-refractivity contribution < 1.29 is 4.79 Å². The Morgan fingerprint density at radius 3 is 2.59 bits per heavy atom. The van der Waals surface area contributed by atoms with Crippen LogP contribution < -0.4 is 0 Å². The monoisotopic (exact) mass is 302 g/mol. The van der Waals surface area contributed by atoms with E-state index in [4.69, 9.17) is 0 Å². The second-order valence-corrected chi connectivity index (χ2v) is 6.84. The maximum Gasteiger partial charge on any atom is 0.257 e. The quantitative estimate of drug-likeness (QED) is 0.837. The number of aromatic nitrogens is 2. The lowest BCUT2D eigenvalue weighted by Crippen LogP contribution is -2.45. The van der Waals surface area contributed by atoms with Crippen molar-refractivity contribution in [3.8, 4) is 0 Å². The summed E-state index contributed by atoms with van der Waals surface area (Å²) >= 11 is 0. The van der Waals surface area contributed by atoms with Crippen molar-refractivity contribution in [2.75, 3.05) is 27.2 Å². The Hall–Kier alpha value is -1.49. The van der Waals surface area contributed by atoms with E-state index < -0.39 is 0 Å². The summed E-state index contributed by atoms with van der Waals surface area (Å²) < 4.78 is 0. The molecule has 120 valence electrons. The van der Waals surface area contributed by atoms with E-state index in [2.05, 4.69) is 29.0 Å². The van der Waals surface area contributed by atoms with Crippen LogP contribution in [0.15, 0.2) is 12.4 Å². The minimum absolute atomic E-state index is 0.103. The standard InChI is InChI=1S/C17H26N4O/c1-20(2)10-8-15-5-3-4-9-21(15)17(22)14-11-18-16(19-12-14)13-6-7-13/h11-13,15H,3-10H2,1-2H3/t15-/m1/s1. The summed E-state index contributed by atoms with van der Waals surface area (Å²) in [6, 6.07) is 0.353. The van der Waals surface area contributed by atoms with E-state index in [1.54, 1.807) is 12.4 Å². The highest BCUT2D eigenvalue weighted by Crippen LogP contribution is 2.37. The van der Waals surface area contributed by atoms with Crippen LogP contribution in [-0.2, 0) is 0 Å². The van der Waals surface area contributed by atoms with Gasteiger partial charge in [0.25, 0.3) is 5.91 Å². The molecular weight excluding hydrogens is 276 g/mol. The van der Waals surface area contributed by atoms with Gasteiger partial charge < -0.3 is 9.80 Å². The predicted octanol–water partition coefficient (Wildman–Crippen LogP) is 2.30. The van der Waals surface area contributed by atoms with Crippen molar-refractivity contribution in [1.82, 2.24) is 19.8 Å². The highest BCUT2D eigenvalue weighted by molar-refractivity contribution is 5.93. The van der Waals surface area contributed by atoms with Gasteiger partial charge in [0.2, 0.25) is 0 Å². The number of hydrogen-bond acceptors (Lipinski definition) is 4. The van der Waals surface area contributed by atoms with E-state index >= 15 is 0 Å². The molecule has 1 saturated carbocycles. The molecule has 0 spiro atoms. The van der Waals surface area contributed by atoms with Gasteiger partial charge in [-0.15, -0.1) is 0 Å². The van der Waals surface area contributed by atoms with Gasteiger partial charge in [-0.2, -0.15) is 0 Å². The van der Waals surface area contributed by atoms with Gasteiger partial charge in [0.1, 0.15) is 5.82 Å². The minimum atomic E-state index is 0.103. The lowest BCUT2D eigenvalue weighted by molar-refractivity contribution is 0.0590. The van der Waals surface area contributed by atoms with Gasteiger partial charge in [-0.05, 0) is 59.2 Å². The summed E-state index contributed by atoms with van der Waals surface area (Å²) in [5.41, 5.74) is 0.640. The Morgan fingerprint density at radius 1 is 1.23 bits per heavy atom. The van der Waals surface area contributed by atoms with E-state index in [0.29, 0.717) is 17.5 Å². The lowest BCUT2D eigenvalue weighted by Gasteiger charge is -2.36. The van der Waals surface area contributed by atoms with Gasteiger partial charge in [0.15, 0.2) is 0 Å². The average Bonchev–Trinajstić information content (AvgIpc) is 3.37. The van der Waals surface area contributed by atoms with Crippen molar-refractivity contribution in [2.24, 2.45) is 0 Å². The van der Waals surface area contributed by atoms with Gasteiger partial charge in [-0.25, -0.2) is 9.97 Å². The third-order valence-electron chi connectivity index (χ3n) is 4.66. The molecule has 0 unspecified atom stereocenters. The summed E-state index contributed by atoms with van der Waals surface area (Å²) in [7, 11) is 4.17. The molecular formula is C17H26N4O. The Balaban J connectivity index is 1.67. The maximum absolute atomic E-state index is 12.8. The fourth-order valence-electron chi connectivity index (χ4n) is 3.14. The van der Waals surface area contributed by atoms with Gasteiger partial charge >= 0.3 is 0 Å². The molecule has 22 heavy (non-hydrogen) atoms. The summed E-state index contributed by atoms with van der Waals surface area (Å²) in [5.74, 6) is 1.54. The molecule has 3 rings (SSSR count). The Bertz CT molecular complexity index is 510. The van der Waals surface area contributed by atoms with Gasteiger partial charge in [-0.3, -0.25) is 4.79 Å². The molecule has 1 aromatic rings. The average molecular weight is 302 g/mol. The first kappa shape index (κ1) is 15.4. The van der Waals surface area contributed by atoms with Crippen molar-refractivity contribution in [3.63, 3.8) is 0 Å². The zero-order chi connectivity index (χ0) is 15.5. The van der Waals surface area contributed by atoms with Crippen LogP contribution in [0.2, 0.25) is 0 Å². The first-order valence-corrected chi connectivity index (χ1v) is 8.43. The number of carbonyl (C=O) groups excluding carboxylic acids is 1. The van der Waals surface area contributed by atoms with E-state index in [1.165, 1.54) is 19.3 Å². The van der Waals surface area contributed by atoms with E-state index in [1.807, 2.05) is 4.90 Å². The SMILES string of the molecule is CN(C)CC[C@H]1CCCCN1C(=O)c1cnc(C2CC2)nc1. The highest BCUT2D eigenvalue weighted by Gasteiger charge is 2.29. The topological polar surface area (TPSA) is 49.3 Å². The smallest absolute Gasteiger partial charge is 0.257 e. The normalized spacial score (nSPS) is 22.1. The van der Waals surface area contributed by atoms with E-state index in [-0.39, 0.29) is 5.91 Å². The number of rotatable bonds is 5. The Labute approximate surface area is 132 Å². The van der Waals surface area contributed by atoms with Crippen LogP contribution in [0.4, 0.5) is 0 Å². The van der Waals surface area contributed by atoms with Gasteiger partial charge in [0.05, 0.1) is 5.56 Å². The molecule has 0 aromatic carbocycles. The molecule has 1 atom stereocenters. The van der Waals surface area contributed by atoms with E-state index in [0.717, 1.165) is 38.2 Å². The molecule has 5 heteroatoms. The van der Waals surface area contributed by atoms with Gasteiger partial charge in [-0.1, -0.05) is 0 Å². The lowest BCUT2D eigenvalue weighted by atomic mass is 9.98. The Morgan fingerprint density at radius 2 is 1.95 bits per heavy atom. The van der Waals surface area contributed by atoms with Crippen LogP contribution in [0.5, 0.6) is 0 Å². The molecule has 0 radical (unpaired) electrons. The zero-order valence-corrected chi connectivity index (χ0v) is 13.7. The maximum atomic E-state index is 12.8. The number of carbonyl (C=O) groups is 1. The number of hydrogen-bond donors (Lipinski definition) is 0. The van der Waals surface area contributed by atoms with Crippen molar-refractivity contribution in [2.45, 2.75) is 50.5 Å². The molecule has 0 bridgehead atoms. The van der Waals surface area contributed by atoms with Crippen molar-refractivity contribution in [3.05, 3.63) is 23.8 Å². The molecule has 1 aromatic heterocycles. The largest absolute Gasteiger partial charge is 0.336 e. The molecule has 2 fully saturated rings. The fraction of sp³-hybridized carbons (Fsp3) is 0.706. The van der Waals surface area contributed by atoms with Gasteiger partial charge in [0, 0.05) is 30.9 Å². The second kappa shape index (κ2) is 6.73. The zero-order valence-electron chi connectivity index (χ0n) is 13.7. The van der Waals surface area contributed by atoms with E-state index in [9.17, 15) is 4.79 Å². The number of piperidine rings is 1. The molecule has 1 saturated heterocycles. The third kappa shape index (κ3) is 3.64. The van der Waals surface area contributed by atoms with Crippen LogP contribution in [0, 0.1) is 0 Å². The number of nitrogens with zero attached hydrogens (tertiary/aromatic N) is 4. The summed E-state index contributed by atoms with van der Waals surface area (Å²) in [6.45, 7) is 1.88. The number of likely N-dealkylation sites (tertiary alicyclic amines) is 1. The molecule has 1 aliphatic heterocycles. The van der Waals surface area contributed by atoms with Crippen LogP contribution in [0.25, 0.3) is 0 Å². The van der Waals surface area contributed by atoms with Crippen molar-refractivity contribution in [1.29, 1.82) is 0 Å². The third-order valence-corrected chi connectivity index (χ3v) is 4.66. The van der Waals surface area contributed by atoms with Crippen LogP contribution in [0.3, 0.4) is 0 Å². The summed E-state index contributed by atoms with van der Waals surface area (Å²) in [6.07, 6.45) is 10.3. The number of amides is 1. The molecule has 5 nitrogen and oxygen atoms in total. The molecule has 2 heterocycles. The Kier molecular flexibility index (Phi) is 4.71. The molecule has 2 aliphatic rings.